The van der Waals surface area contributed by atoms with Gasteiger partial charge in [0.2, 0.25) is 0 Å². The largest absolute Gasteiger partial charge is 0.545 e. The van der Waals surface area contributed by atoms with Crippen molar-refractivity contribution in [3.8, 4) is 0 Å². The molecule has 1 rings (SSSR count). The fraction of sp³-hybridized carbons (Fsp3) is 0. The minimum atomic E-state index is -1.60. The van der Waals surface area contributed by atoms with Crippen molar-refractivity contribution < 1.29 is 14.3 Å². The lowest BCUT2D eigenvalue weighted by Gasteiger charge is -2.04. The number of rotatable bonds is 1. The second-order valence-electron chi connectivity index (χ2n) is 1.88. The number of carbonyl (C=O) groups is 1. The lowest BCUT2D eigenvalue weighted by Crippen LogP contribution is -2.23. The molecule has 4 heteroatoms. The summed E-state index contributed by atoms with van der Waals surface area (Å²) in [4.78, 5) is 10.2. The van der Waals surface area contributed by atoms with Gasteiger partial charge in [-0.05, 0) is 12.1 Å². The molecule has 0 atom stereocenters. The monoisotopic (exact) mass is 173 g/mol. The van der Waals surface area contributed by atoms with Gasteiger partial charge in [-0.1, -0.05) is 17.7 Å². The van der Waals surface area contributed by atoms with E-state index in [1.165, 1.54) is 12.1 Å². The van der Waals surface area contributed by atoms with E-state index < -0.39 is 17.3 Å². The molecule has 1 aromatic rings. The van der Waals surface area contributed by atoms with Gasteiger partial charge >= 0.3 is 0 Å². The number of aromatic carboxylic acids is 1. The highest BCUT2D eigenvalue weighted by Gasteiger charge is 2.06. The van der Waals surface area contributed by atoms with Crippen molar-refractivity contribution >= 4 is 17.6 Å². The van der Waals surface area contributed by atoms with E-state index >= 15 is 0 Å². The Kier molecular flexibility index (Phi) is 2.10. The van der Waals surface area contributed by atoms with Gasteiger partial charge in [0, 0.05) is 0 Å². The zero-order valence-electron chi connectivity index (χ0n) is 5.30. The molecule has 0 unspecified atom stereocenters. The molecule has 0 N–H and O–H groups in total. The Hall–Kier alpha value is -1.09. The third-order valence-corrected chi connectivity index (χ3v) is 1.48. The van der Waals surface area contributed by atoms with Crippen molar-refractivity contribution in [2.75, 3.05) is 0 Å². The third-order valence-electron chi connectivity index (χ3n) is 1.17. The van der Waals surface area contributed by atoms with Crippen LogP contribution in [-0.2, 0) is 0 Å². The molecule has 0 saturated carbocycles. The number of carbonyl (C=O) groups excluding carboxylic acids is 1. The molecular formula is C7H3ClFO2-. The predicted octanol–water partition coefficient (Wildman–Crippen LogP) is 0.843. The number of carboxylic acids is 1. The topological polar surface area (TPSA) is 40.1 Å². The van der Waals surface area contributed by atoms with Crippen LogP contribution in [0.25, 0.3) is 0 Å². The summed E-state index contributed by atoms with van der Waals surface area (Å²) in [5, 5.41) is 10.1. The van der Waals surface area contributed by atoms with Crippen molar-refractivity contribution in [3.05, 3.63) is 34.6 Å². The Morgan fingerprint density at radius 3 is 2.55 bits per heavy atom. The average molecular weight is 174 g/mol. The highest BCUT2D eigenvalue weighted by Crippen LogP contribution is 2.17. The third kappa shape index (κ3) is 1.49. The van der Waals surface area contributed by atoms with E-state index in [1.54, 1.807) is 0 Å². The fourth-order valence-electron chi connectivity index (χ4n) is 0.693. The number of benzene rings is 1. The van der Waals surface area contributed by atoms with Crippen molar-refractivity contribution in [2.24, 2.45) is 0 Å². The second-order valence-corrected chi connectivity index (χ2v) is 2.29. The van der Waals surface area contributed by atoms with Gasteiger partial charge in [-0.2, -0.15) is 0 Å². The van der Waals surface area contributed by atoms with Gasteiger partial charge in [-0.25, -0.2) is 4.39 Å². The molecule has 0 amide bonds. The summed E-state index contributed by atoms with van der Waals surface area (Å²) in [6.07, 6.45) is 0. The van der Waals surface area contributed by atoms with E-state index in [2.05, 4.69) is 0 Å². The molecule has 11 heavy (non-hydrogen) atoms. The summed E-state index contributed by atoms with van der Waals surface area (Å²) in [6.45, 7) is 0. The van der Waals surface area contributed by atoms with E-state index in [9.17, 15) is 14.3 Å². The zero-order valence-corrected chi connectivity index (χ0v) is 6.06. The molecule has 0 aromatic heterocycles. The van der Waals surface area contributed by atoms with Crippen LogP contribution in [0.5, 0.6) is 0 Å². The Bertz CT molecular complexity index is 278. The number of carboxylic acid groups (broad SMARTS) is 1. The standard InChI is InChI=1S/C7H4ClFO2/c8-4-2-1-3-5(9)6(4)7(10)11/h1-3H,(H,10,11)/p-1. The molecule has 1 aromatic carbocycles. The minimum absolute atomic E-state index is 0.148. The second kappa shape index (κ2) is 2.88. The maximum absolute atomic E-state index is 12.6. The molecule has 0 saturated heterocycles. The molecule has 0 radical (unpaired) electrons. The summed E-state index contributed by atoms with van der Waals surface area (Å²) in [7, 11) is 0. The summed E-state index contributed by atoms with van der Waals surface area (Å²) < 4.78 is 12.6. The predicted molar refractivity (Wildman–Crippen MR) is 35.7 cm³/mol. The van der Waals surface area contributed by atoms with Gasteiger partial charge < -0.3 is 9.90 Å². The maximum atomic E-state index is 12.6. The molecule has 0 spiro atoms. The van der Waals surface area contributed by atoms with Gasteiger partial charge in [0.15, 0.2) is 0 Å². The Labute approximate surface area is 67.2 Å². The highest BCUT2D eigenvalue weighted by atomic mass is 35.5. The van der Waals surface area contributed by atoms with E-state index in [-0.39, 0.29) is 5.02 Å². The summed E-state index contributed by atoms with van der Waals surface area (Å²) >= 11 is 5.36. The summed E-state index contributed by atoms with van der Waals surface area (Å²) in [5.74, 6) is -2.48. The number of hydrogen-bond acceptors (Lipinski definition) is 2. The summed E-state index contributed by atoms with van der Waals surface area (Å²) in [6, 6.07) is 3.62. The molecule has 0 aliphatic rings. The van der Waals surface area contributed by atoms with E-state index in [0.717, 1.165) is 6.07 Å². The van der Waals surface area contributed by atoms with Gasteiger partial charge in [0.05, 0.1) is 16.6 Å². The molecule has 58 valence electrons. The molecule has 2 nitrogen and oxygen atoms in total. The van der Waals surface area contributed by atoms with Crippen LogP contribution < -0.4 is 5.11 Å². The van der Waals surface area contributed by atoms with Gasteiger partial charge in [0.1, 0.15) is 5.82 Å². The smallest absolute Gasteiger partial charge is 0.133 e. The average Bonchev–Trinajstić information content (AvgIpc) is 1.85. The fourth-order valence-corrected chi connectivity index (χ4v) is 0.933. The van der Waals surface area contributed by atoms with Crippen LogP contribution in [0.4, 0.5) is 4.39 Å². The molecular weight excluding hydrogens is 171 g/mol. The SMILES string of the molecule is O=C([O-])c1c(F)cccc1Cl. The normalized spacial score (nSPS) is 9.64. The van der Waals surface area contributed by atoms with Crippen molar-refractivity contribution in [1.29, 1.82) is 0 Å². The van der Waals surface area contributed by atoms with E-state index in [1.807, 2.05) is 0 Å². The van der Waals surface area contributed by atoms with E-state index in [0.29, 0.717) is 0 Å². The first-order chi connectivity index (χ1) is 5.13. The number of halogens is 2. The van der Waals surface area contributed by atoms with Crippen LogP contribution in [0.15, 0.2) is 18.2 Å². The van der Waals surface area contributed by atoms with E-state index in [4.69, 9.17) is 11.6 Å². The van der Waals surface area contributed by atoms with Crippen LogP contribution in [0, 0.1) is 5.82 Å². The van der Waals surface area contributed by atoms with Gasteiger partial charge in [-0.15, -0.1) is 0 Å². The first kappa shape index (κ1) is 8.01. The Morgan fingerprint density at radius 1 is 1.55 bits per heavy atom. The van der Waals surface area contributed by atoms with Crippen molar-refractivity contribution in [2.45, 2.75) is 0 Å². The first-order valence-corrected chi connectivity index (χ1v) is 3.16. The summed E-state index contributed by atoms with van der Waals surface area (Å²) in [5.41, 5.74) is -0.589. The minimum Gasteiger partial charge on any atom is -0.545 e. The van der Waals surface area contributed by atoms with Crippen LogP contribution in [0.2, 0.25) is 5.02 Å². The number of hydrogen-bond donors (Lipinski definition) is 0. The first-order valence-electron chi connectivity index (χ1n) is 2.78. The molecule has 0 fully saturated rings. The molecule has 0 aliphatic heterocycles. The van der Waals surface area contributed by atoms with Crippen LogP contribution in [-0.4, -0.2) is 5.97 Å². The molecule has 0 bridgehead atoms. The van der Waals surface area contributed by atoms with Crippen molar-refractivity contribution in [3.63, 3.8) is 0 Å². The van der Waals surface area contributed by atoms with Crippen LogP contribution >= 0.6 is 11.6 Å². The van der Waals surface area contributed by atoms with Gasteiger partial charge in [0.25, 0.3) is 0 Å². The maximum Gasteiger partial charge on any atom is 0.133 e. The van der Waals surface area contributed by atoms with Crippen molar-refractivity contribution in [1.82, 2.24) is 0 Å². The highest BCUT2D eigenvalue weighted by molar-refractivity contribution is 6.33. The van der Waals surface area contributed by atoms with Crippen LogP contribution in [0.3, 0.4) is 0 Å². The molecule has 0 heterocycles. The quantitative estimate of drug-likeness (QED) is 0.632. The Morgan fingerprint density at radius 2 is 2.18 bits per heavy atom. The van der Waals surface area contributed by atoms with Gasteiger partial charge in [-0.3, -0.25) is 0 Å². The lowest BCUT2D eigenvalue weighted by molar-refractivity contribution is -0.255. The zero-order chi connectivity index (χ0) is 8.43. The Balaban J connectivity index is 3.32. The molecule has 0 aliphatic carbocycles. The van der Waals surface area contributed by atoms with Crippen LogP contribution in [0.1, 0.15) is 10.4 Å². The lowest BCUT2D eigenvalue weighted by atomic mass is 10.2.